The number of nitrogens with zero attached hydrogens (tertiary/aromatic N) is 2. The van der Waals surface area contributed by atoms with Crippen molar-refractivity contribution in [1.82, 2.24) is 15.3 Å². The molecule has 2 fully saturated rings. The third-order valence-electron chi connectivity index (χ3n) is 4.89. The Balaban J connectivity index is 1.66. The summed E-state index contributed by atoms with van der Waals surface area (Å²) in [6, 6.07) is 2.50. The predicted octanol–water partition coefficient (Wildman–Crippen LogP) is 2.05. The van der Waals surface area contributed by atoms with Gasteiger partial charge in [0.25, 0.3) is 0 Å². The van der Waals surface area contributed by atoms with Gasteiger partial charge in [-0.3, -0.25) is 0 Å². The van der Waals surface area contributed by atoms with Gasteiger partial charge in [-0.15, -0.1) is 0 Å². The molecule has 19 heavy (non-hydrogen) atoms. The lowest BCUT2D eigenvalue weighted by molar-refractivity contribution is 0.394. The Morgan fingerprint density at radius 2 is 2.05 bits per heavy atom. The van der Waals surface area contributed by atoms with E-state index in [1.54, 1.807) is 13.4 Å². The molecule has 4 nitrogen and oxygen atoms in total. The smallest absolute Gasteiger partial charge is 0.216 e. The highest BCUT2D eigenvalue weighted by Gasteiger charge is 2.53. The van der Waals surface area contributed by atoms with E-state index in [1.807, 2.05) is 6.07 Å². The van der Waals surface area contributed by atoms with Gasteiger partial charge in [-0.1, -0.05) is 12.8 Å². The van der Waals surface area contributed by atoms with Crippen molar-refractivity contribution in [2.24, 2.45) is 17.8 Å². The minimum atomic E-state index is 0.549. The second-order valence-electron chi connectivity index (χ2n) is 5.84. The number of methoxy groups -OCH3 is 1. The molecule has 3 atom stereocenters. The maximum Gasteiger partial charge on any atom is 0.216 e. The Morgan fingerprint density at radius 1 is 1.32 bits per heavy atom. The van der Waals surface area contributed by atoms with E-state index in [4.69, 9.17) is 4.74 Å². The molecule has 1 aromatic rings. The zero-order valence-electron chi connectivity index (χ0n) is 11.8. The summed E-state index contributed by atoms with van der Waals surface area (Å²) in [4.78, 5) is 8.44. The SMILES string of the molecule is CNC(Cc1cc(OC)ncn1)C1C2CCCCC21. The second kappa shape index (κ2) is 5.45. The normalized spacial score (nSPS) is 30.5. The van der Waals surface area contributed by atoms with E-state index in [0.717, 1.165) is 29.9 Å². The van der Waals surface area contributed by atoms with Crippen LogP contribution in [0, 0.1) is 17.8 Å². The van der Waals surface area contributed by atoms with Crippen LogP contribution in [-0.4, -0.2) is 30.2 Å². The van der Waals surface area contributed by atoms with Crippen molar-refractivity contribution in [2.45, 2.75) is 38.1 Å². The summed E-state index contributed by atoms with van der Waals surface area (Å²) < 4.78 is 5.17. The van der Waals surface area contributed by atoms with Crippen molar-refractivity contribution >= 4 is 0 Å². The van der Waals surface area contributed by atoms with Crippen molar-refractivity contribution in [3.63, 3.8) is 0 Å². The first-order valence-electron chi connectivity index (χ1n) is 7.35. The van der Waals surface area contributed by atoms with Gasteiger partial charge in [0, 0.05) is 24.2 Å². The van der Waals surface area contributed by atoms with Crippen LogP contribution in [0.25, 0.3) is 0 Å². The zero-order valence-corrected chi connectivity index (χ0v) is 11.8. The predicted molar refractivity (Wildman–Crippen MR) is 74.1 cm³/mol. The van der Waals surface area contributed by atoms with E-state index in [-0.39, 0.29) is 0 Å². The molecule has 104 valence electrons. The van der Waals surface area contributed by atoms with Crippen LogP contribution in [0.1, 0.15) is 31.4 Å². The van der Waals surface area contributed by atoms with E-state index in [9.17, 15) is 0 Å². The molecule has 2 aliphatic carbocycles. The first-order chi connectivity index (χ1) is 9.33. The molecule has 3 unspecified atom stereocenters. The maximum absolute atomic E-state index is 5.17. The van der Waals surface area contributed by atoms with Gasteiger partial charge in [0.15, 0.2) is 0 Å². The highest BCUT2D eigenvalue weighted by atomic mass is 16.5. The highest BCUT2D eigenvalue weighted by Crippen LogP contribution is 2.57. The largest absolute Gasteiger partial charge is 0.481 e. The number of hydrogen-bond donors (Lipinski definition) is 1. The van der Waals surface area contributed by atoms with Crippen molar-refractivity contribution in [1.29, 1.82) is 0 Å². The fraction of sp³-hybridized carbons (Fsp3) is 0.733. The van der Waals surface area contributed by atoms with E-state index >= 15 is 0 Å². The van der Waals surface area contributed by atoms with Gasteiger partial charge < -0.3 is 10.1 Å². The summed E-state index contributed by atoms with van der Waals surface area (Å²) in [5.41, 5.74) is 1.08. The van der Waals surface area contributed by atoms with Gasteiger partial charge >= 0.3 is 0 Å². The van der Waals surface area contributed by atoms with Crippen molar-refractivity contribution in [3.05, 3.63) is 18.1 Å². The molecule has 0 radical (unpaired) electrons. The summed E-state index contributed by atoms with van der Waals surface area (Å²) >= 11 is 0. The van der Waals surface area contributed by atoms with Gasteiger partial charge in [0.05, 0.1) is 7.11 Å². The van der Waals surface area contributed by atoms with Crippen LogP contribution in [0.15, 0.2) is 12.4 Å². The van der Waals surface area contributed by atoms with Crippen LogP contribution in [-0.2, 0) is 6.42 Å². The lowest BCUT2D eigenvalue weighted by Gasteiger charge is -2.16. The molecule has 1 heterocycles. The molecule has 4 heteroatoms. The number of ether oxygens (including phenoxy) is 1. The van der Waals surface area contributed by atoms with Crippen LogP contribution < -0.4 is 10.1 Å². The van der Waals surface area contributed by atoms with Gasteiger partial charge in [-0.25, -0.2) is 9.97 Å². The quantitative estimate of drug-likeness (QED) is 0.881. The topological polar surface area (TPSA) is 47.0 Å². The van der Waals surface area contributed by atoms with Crippen LogP contribution in [0.5, 0.6) is 5.88 Å². The molecular formula is C15H23N3O. The molecule has 1 N–H and O–H groups in total. The Kier molecular flexibility index (Phi) is 3.69. The van der Waals surface area contributed by atoms with Gasteiger partial charge in [-0.2, -0.15) is 0 Å². The first-order valence-corrected chi connectivity index (χ1v) is 7.35. The lowest BCUT2D eigenvalue weighted by Crippen LogP contribution is -2.31. The summed E-state index contributed by atoms with van der Waals surface area (Å²) in [7, 11) is 3.73. The molecule has 0 amide bonds. The molecule has 1 aromatic heterocycles. The molecule has 0 aliphatic heterocycles. The first kappa shape index (κ1) is 12.9. The average molecular weight is 261 g/mol. The zero-order chi connectivity index (χ0) is 13.2. The van der Waals surface area contributed by atoms with Gasteiger partial charge in [0.1, 0.15) is 6.33 Å². The van der Waals surface area contributed by atoms with Crippen molar-refractivity contribution in [2.75, 3.05) is 14.2 Å². The molecule has 0 saturated heterocycles. The Labute approximate surface area is 115 Å². The van der Waals surface area contributed by atoms with Crippen molar-refractivity contribution < 1.29 is 4.74 Å². The van der Waals surface area contributed by atoms with Crippen LogP contribution >= 0.6 is 0 Å². The van der Waals surface area contributed by atoms with E-state index < -0.39 is 0 Å². The molecule has 0 bridgehead atoms. The molecule has 2 aliphatic rings. The molecule has 0 aromatic carbocycles. The minimum absolute atomic E-state index is 0.549. The standard InChI is InChI=1S/C15H23N3O/c1-16-13(15-11-5-3-4-6-12(11)15)7-10-8-14(19-2)18-9-17-10/h8-9,11-13,15-16H,3-7H2,1-2H3. The molecule has 0 spiro atoms. The average Bonchev–Trinajstić information content (AvgIpc) is 3.19. The summed E-state index contributed by atoms with van der Waals surface area (Å²) in [6.45, 7) is 0. The monoisotopic (exact) mass is 261 g/mol. The second-order valence-corrected chi connectivity index (χ2v) is 5.84. The fourth-order valence-corrected chi connectivity index (χ4v) is 3.90. The van der Waals surface area contributed by atoms with E-state index in [0.29, 0.717) is 11.9 Å². The fourth-order valence-electron chi connectivity index (χ4n) is 3.90. The van der Waals surface area contributed by atoms with Crippen LogP contribution in [0.4, 0.5) is 0 Å². The number of rotatable bonds is 5. The number of fused-ring (bicyclic) bond motifs is 1. The van der Waals surface area contributed by atoms with Crippen molar-refractivity contribution in [3.8, 4) is 5.88 Å². The van der Waals surface area contributed by atoms with E-state index in [1.165, 1.54) is 25.7 Å². The summed E-state index contributed by atoms with van der Waals surface area (Å²) in [5, 5.41) is 3.51. The van der Waals surface area contributed by atoms with Gasteiger partial charge in [0.2, 0.25) is 5.88 Å². The maximum atomic E-state index is 5.17. The summed E-state index contributed by atoms with van der Waals surface area (Å²) in [6.07, 6.45) is 8.29. The third kappa shape index (κ3) is 2.59. The third-order valence-corrected chi connectivity index (χ3v) is 4.89. The van der Waals surface area contributed by atoms with Gasteiger partial charge in [-0.05, 0) is 37.6 Å². The number of hydrogen-bond acceptors (Lipinski definition) is 4. The number of likely N-dealkylation sites (N-methyl/N-ethyl adjacent to an activating group) is 1. The molecule has 3 rings (SSSR count). The molecular weight excluding hydrogens is 238 g/mol. The summed E-state index contributed by atoms with van der Waals surface area (Å²) in [5.74, 6) is 3.45. The van der Waals surface area contributed by atoms with Crippen LogP contribution in [0.3, 0.4) is 0 Å². The Morgan fingerprint density at radius 3 is 2.68 bits per heavy atom. The Bertz CT molecular complexity index is 425. The van der Waals surface area contributed by atoms with E-state index in [2.05, 4.69) is 22.3 Å². The number of aromatic nitrogens is 2. The lowest BCUT2D eigenvalue weighted by atomic mass is 10.0. The Hall–Kier alpha value is -1.16. The van der Waals surface area contributed by atoms with Crippen LogP contribution in [0.2, 0.25) is 0 Å². The highest BCUT2D eigenvalue weighted by molar-refractivity contribution is 5.16. The number of nitrogens with one attached hydrogen (secondary N) is 1. The molecule has 2 saturated carbocycles. The minimum Gasteiger partial charge on any atom is -0.481 e.